The fourth-order valence-corrected chi connectivity index (χ4v) is 1.27. The second-order valence-electron chi connectivity index (χ2n) is 4.05. The maximum absolute atomic E-state index is 10.6. The standard InChI is InChI=1S/C6H7NO2.C6H6OS.C4H6/c1-3-4(2)7-6(9)5(3)8;7-5-1-3-6(8)4-2-5;1-3-4-2/h3H,2H2,1H3,(H,7,9);1-4,7-8H;3-4H,1-2H2. The van der Waals surface area contributed by atoms with Crippen LogP contribution in [0.3, 0.4) is 0 Å². The minimum Gasteiger partial charge on any atom is -0.508 e. The van der Waals surface area contributed by atoms with E-state index in [0.29, 0.717) is 5.70 Å². The lowest BCUT2D eigenvalue weighted by atomic mass is 10.1. The van der Waals surface area contributed by atoms with Gasteiger partial charge in [-0.25, -0.2) is 0 Å². The van der Waals surface area contributed by atoms with E-state index in [9.17, 15) is 9.59 Å². The minimum atomic E-state index is -0.535. The molecule has 0 aliphatic carbocycles. The number of thiol groups is 1. The van der Waals surface area contributed by atoms with Gasteiger partial charge < -0.3 is 10.4 Å². The first-order valence-corrected chi connectivity index (χ1v) is 6.53. The summed E-state index contributed by atoms with van der Waals surface area (Å²) in [5, 5.41) is 11.1. The van der Waals surface area contributed by atoms with Crippen molar-refractivity contribution in [3.63, 3.8) is 0 Å². The van der Waals surface area contributed by atoms with Crippen LogP contribution in [0.25, 0.3) is 0 Å². The van der Waals surface area contributed by atoms with Crippen molar-refractivity contribution >= 4 is 24.3 Å². The van der Waals surface area contributed by atoms with Crippen molar-refractivity contribution in [2.24, 2.45) is 5.92 Å². The molecule has 0 aromatic heterocycles. The average molecular weight is 305 g/mol. The van der Waals surface area contributed by atoms with Gasteiger partial charge in [-0.3, -0.25) is 9.59 Å². The molecule has 1 aromatic rings. The van der Waals surface area contributed by atoms with Crippen molar-refractivity contribution in [2.45, 2.75) is 11.8 Å². The molecule has 5 heteroatoms. The number of aromatic hydroxyl groups is 1. The first-order valence-electron chi connectivity index (χ1n) is 6.08. The summed E-state index contributed by atoms with van der Waals surface area (Å²) in [5.74, 6) is -0.979. The van der Waals surface area contributed by atoms with Gasteiger partial charge >= 0.3 is 0 Å². The van der Waals surface area contributed by atoms with Crippen LogP contribution < -0.4 is 5.32 Å². The number of carbonyl (C=O) groups is 2. The van der Waals surface area contributed by atoms with Gasteiger partial charge in [0.15, 0.2) is 0 Å². The Balaban J connectivity index is 0.000000308. The van der Waals surface area contributed by atoms with Gasteiger partial charge in [0.2, 0.25) is 5.78 Å². The molecule has 2 rings (SSSR count). The molecule has 1 amide bonds. The number of amides is 1. The number of ketones is 1. The molecule has 1 aliphatic heterocycles. The lowest BCUT2D eigenvalue weighted by Gasteiger charge is -1.94. The number of carbonyl (C=O) groups excluding carboxylic acids is 2. The van der Waals surface area contributed by atoms with Crippen LogP contribution in [0.5, 0.6) is 5.75 Å². The van der Waals surface area contributed by atoms with Gasteiger partial charge in [0.05, 0.1) is 5.92 Å². The molecule has 4 nitrogen and oxygen atoms in total. The molecule has 1 atom stereocenters. The average Bonchev–Trinajstić information content (AvgIpc) is 2.69. The number of hydrogen-bond donors (Lipinski definition) is 3. The quantitative estimate of drug-likeness (QED) is 0.424. The summed E-state index contributed by atoms with van der Waals surface area (Å²) in [5.41, 5.74) is 0.505. The van der Waals surface area contributed by atoms with Crippen molar-refractivity contribution in [3.05, 3.63) is 61.9 Å². The van der Waals surface area contributed by atoms with Crippen molar-refractivity contribution in [1.29, 1.82) is 0 Å². The van der Waals surface area contributed by atoms with Crippen LogP contribution >= 0.6 is 12.6 Å². The fourth-order valence-electron chi connectivity index (χ4n) is 1.12. The zero-order chi connectivity index (χ0) is 16.4. The summed E-state index contributed by atoms with van der Waals surface area (Å²) in [6, 6.07) is 6.67. The van der Waals surface area contributed by atoms with Gasteiger partial charge in [0.25, 0.3) is 5.91 Å². The van der Waals surface area contributed by atoms with Crippen molar-refractivity contribution in [2.75, 3.05) is 0 Å². The number of phenols is 1. The molecule has 0 saturated carbocycles. The van der Waals surface area contributed by atoms with Gasteiger partial charge in [-0.15, -0.1) is 12.6 Å². The highest BCUT2D eigenvalue weighted by atomic mass is 32.1. The summed E-state index contributed by atoms with van der Waals surface area (Å²) in [4.78, 5) is 22.0. The summed E-state index contributed by atoms with van der Waals surface area (Å²) in [7, 11) is 0. The molecule has 1 aromatic carbocycles. The highest BCUT2D eigenvalue weighted by molar-refractivity contribution is 7.80. The molecule has 0 spiro atoms. The van der Waals surface area contributed by atoms with Gasteiger partial charge in [0, 0.05) is 10.6 Å². The van der Waals surface area contributed by atoms with E-state index >= 15 is 0 Å². The summed E-state index contributed by atoms with van der Waals surface area (Å²) < 4.78 is 0. The maximum Gasteiger partial charge on any atom is 0.292 e. The van der Waals surface area contributed by atoms with Crippen molar-refractivity contribution in [3.8, 4) is 5.75 Å². The zero-order valence-electron chi connectivity index (χ0n) is 11.9. The number of phenolic OH excluding ortho intramolecular Hbond substituents is 1. The minimum absolute atomic E-state index is 0.280. The van der Waals surface area contributed by atoms with Crippen LogP contribution in [0.4, 0.5) is 0 Å². The number of Topliss-reactive ketones (excluding diaryl/α,β-unsaturated/α-hetero) is 1. The molecular formula is C16H19NO3S. The van der Waals surface area contributed by atoms with E-state index in [2.05, 4.69) is 37.7 Å². The van der Waals surface area contributed by atoms with Crippen LogP contribution in [-0.2, 0) is 9.59 Å². The zero-order valence-corrected chi connectivity index (χ0v) is 12.8. The highest BCUT2D eigenvalue weighted by Crippen LogP contribution is 2.12. The molecule has 112 valence electrons. The number of rotatable bonds is 1. The second-order valence-corrected chi connectivity index (χ2v) is 4.57. The Kier molecular flexibility index (Phi) is 8.57. The molecule has 1 fully saturated rings. The van der Waals surface area contributed by atoms with E-state index in [1.165, 1.54) is 0 Å². The predicted molar refractivity (Wildman–Crippen MR) is 87.2 cm³/mol. The number of hydrogen-bond acceptors (Lipinski definition) is 4. The van der Waals surface area contributed by atoms with Crippen LogP contribution in [0, 0.1) is 5.92 Å². The Morgan fingerprint density at radius 3 is 1.86 bits per heavy atom. The van der Waals surface area contributed by atoms with E-state index in [0.717, 1.165) is 4.90 Å². The van der Waals surface area contributed by atoms with E-state index in [4.69, 9.17) is 5.11 Å². The summed E-state index contributed by atoms with van der Waals surface area (Å²) in [6.07, 6.45) is 3.28. The third-order valence-corrected chi connectivity index (χ3v) is 2.73. The van der Waals surface area contributed by atoms with Crippen LogP contribution in [0.1, 0.15) is 6.92 Å². The summed E-state index contributed by atoms with van der Waals surface area (Å²) >= 11 is 4.02. The smallest absolute Gasteiger partial charge is 0.292 e. The molecule has 21 heavy (non-hydrogen) atoms. The Morgan fingerprint density at radius 1 is 1.19 bits per heavy atom. The fraction of sp³-hybridized carbons (Fsp3) is 0.125. The van der Waals surface area contributed by atoms with Gasteiger partial charge in [-0.05, 0) is 31.2 Å². The Labute approximate surface area is 130 Å². The predicted octanol–water partition coefficient (Wildman–Crippen LogP) is 2.87. The van der Waals surface area contributed by atoms with E-state index < -0.39 is 5.91 Å². The molecule has 1 aliphatic rings. The lowest BCUT2D eigenvalue weighted by molar-refractivity contribution is -0.136. The second kappa shape index (κ2) is 9.61. The molecule has 0 bridgehead atoms. The first-order chi connectivity index (χ1) is 9.83. The summed E-state index contributed by atoms with van der Waals surface area (Å²) in [6.45, 7) is 11.9. The Bertz CT molecular complexity index is 508. The third kappa shape index (κ3) is 7.17. The largest absolute Gasteiger partial charge is 0.508 e. The van der Waals surface area contributed by atoms with Crippen molar-refractivity contribution in [1.82, 2.24) is 5.32 Å². The normalized spacial score (nSPS) is 15.9. The Hall–Kier alpha value is -2.27. The van der Waals surface area contributed by atoms with Gasteiger partial charge in [-0.1, -0.05) is 31.9 Å². The lowest BCUT2D eigenvalue weighted by Crippen LogP contribution is -2.17. The molecule has 1 heterocycles. The molecular weight excluding hydrogens is 286 g/mol. The monoisotopic (exact) mass is 305 g/mol. The number of benzene rings is 1. The van der Waals surface area contributed by atoms with E-state index in [-0.39, 0.29) is 17.5 Å². The number of allylic oxidation sites excluding steroid dienone is 3. The maximum atomic E-state index is 10.6. The topological polar surface area (TPSA) is 66.4 Å². The van der Waals surface area contributed by atoms with E-state index in [1.54, 1.807) is 43.3 Å². The van der Waals surface area contributed by atoms with Crippen LogP contribution in [0.2, 0.25) is 0 Å². The van der Waals surface area contributed by atoms with Crippen LogP contribution in [-0.4, -0.2) is 16.8 Å². The third-order valence-electron chi connectivity index (χ3n) is 2.43. The van der Waals surface area contributed by atoms with E-state index in [1.807, 2.05) is 0 Å². The van der Waals surface area contributed by atoms with Gasteiger partial charge in [0.1, 0.15) is 5.75 Å². The first kappa shape index (κ1) is 18.7. The van der Waals surface area contributed by atoms with Crippen molar-refractivity contribution < 1.29 is 14.7 Å². The van der Waals surface area contributed by atoms with Crippen LogP contribution in [0.15, 0.2) is 66.7 Å². The highest BCUT2D eigenvalue weighted by Gasteiger charge is 2.31. The SMILES string of the molecule is C=C1NC(=O)C(=O)C1C.C=CC=C.Oc1ccc(S)cc1. The number of nitrogens with one attached hydrogen (secondary N) is 1. The molecule has 2 N–H and O–H groups in total. The Morgan fingerprint density at radius 2 is 1.67 bits per heavy atom. The molecule has 1 saturated heterocycles. The molecule has 0 radical (unpaired) electrons. The molecule has 1 unspecified atom stereocenters. The van der Waals surface area contributed by atoms with Gasteiger partial charge in [-0.2, -0.15) is 0 Å².